The molecule has 1 aliphatic heterocycles. The van der Waals surface area contributed by atoms with Crippen LogP contribution in [0.25, 0.3) is 0 Å². The first kappa shape index (κ1) is 27.5. The Morgan fingerprint density at radius 3 is 1.66 bits per heavy atom. The molecule has 0 aromatic heterocycles. The van der Waals surface area contributed by atoms with Gasteiger partial charge in [0, 0.05) is 37.4 Å². The Morgan fingerprint density at radius 1 is 0.842 bits per heavy atom. The summed E-state index contributed by atoms with van der Waals surface area (Å²) in [6.45, 7) is 0.330. The van der Waals surface area contributed by atoms with Gasteiger partial charge in [-0.25, -0.2) is 14.6 Å². The second kappa shape index (κ2) is 13.3. The van der Waals surface area contributed by atoms with Crippen molar-refractivity contribution in [1.29, 1.82) is 0 Å². The predicted molar refractivity (Wildman–Crippen MR) is 130 cm³/mol. The third-order valence-electron chi connectivity index (χ3n) is 5.00. The molecule has 200 valence electrons. The molecule has 0 saturated carbocycles. The van der Waals surface area contributed by atoms with Crippen LogP contribution in [0.5, 0.6) is 0 Å². The van der Waals surface area contributed by atoms with Crippen molar-refractivity contribution in [3.8, 4) is 0 Å². The molecule has 0 spiro atoms. The van der Waals surface area contributed by atoms with Gasteiger partial charge in [0.25, 0.3) is 11.4 Å². The Bertz CT molecular complexity index is 1140. The zero-order valence-corrected chi connectivity index (χ0v) is 19.7. The number of guanidine groups is 1. The Kier molecular flexibility index (Phi) is 9.59. The van der Waals surface area contributed by atoms with Crippen LogP contribution >= 0.6 is 0 Å². The Labute approximate surface area is 214 Å². The van der Waals surface area contributed by atoms with Crippen LogP contribution in [0, 0.1) is 20.2 Å². The van der Waals surface area contributed by atoms with Crippen molar-refractivity contribution in [2.75, 3.05) is 19.6 Å². The molecule has 3 rings (SSSR count). The number of hydrogen-bond acceptors (Lipinski definition) is 11. The van der Waals surface area contributed by atoms with E-state index >= 15 is 0 Å². The number of nitrogens with one attached hydrogen (secondary N) is 4. The van der Waals surface area contributed by atoms with Crippen LogP contribution in [0.1, 0.15) is 11.1 Å². The number of nitrogens with zero attached hydrogens (tertiary/aromatic N) is 3. The van der Waals surface area contributed by atoms with Gasteiger partial charge in [0.05, 0.1) is 15.9 Å². The van der Waals surface area contributed by atoms with Crippen LogP contribution in [-0.2, 0) is 27.5 Å². The number of non-ortho nitro benzene ring substituents is 2. The van der Waals surface area contributed by atoms with Gasteiger partial charge in [0.2, 0.25) is 11.9 Å². The molecule has 3 amide bonds. The lowest BCUT2D eigenvalue weighted by Gasteiger charge is -2.27. The van der Waals surface area contributed by atoms with E-state index in [-0.39, 0.29) is 30.6 Å². The van der Waals surface area contributed by atoms with Crippen molar-refractivity contribution in [1.82, 2.24) is 21.3 Å². The number of carbonyl (C=O) groups is 3. The van der Waals surface area contributed by atoms with Gasteiger partial charge in [0.1, 0.15) is 19.8 Å². The van der Waals surface area contributed by atoms with Gasteiger partial charge in [-0.05, 0) is 35.4 Å². The number of ether oxygens (including phenoxy) is 2. The Morgan fingerprint density at radius 2 is 1.29 bits per heavy atom. The largest absolute Gasteiger partial charge is 0.444 e. The van der Waals surface area contributed by atoms with Crippen molar-refractivity contribution in [3.05, 3.63) is 79.9 Å². The van der Waals surface area contributed by atoms with E-state index in [1.165, 1.54) is 48.5 Å². The van der Waals surface area contributed by atoms with Crippen LogP contribution < -0.4 is 21.3 Å². The van der Waals surface area contributed by atoms with Crippen LogP contribution in [0.4, 0.5) is 21.0 Å². The molecule has 16 nitrogen and oxygen atoms in total. The van der Waals surface area contributed by atoms with Gasteiger partial charge < -0.3 is 20.1 Å². The molecule has 0 radical (unpaired) electrons. The minimum atomic E-state index is -1.03. The van der Waals surface area contributed by atoms with E-state index < -0.39 is 40.4 Å². The van der Waals surface area contributed by atoms with Crippen molar-refractivity contribution >= 4 is 35.4 Å². The molecular weight excluding hydrogens is 506 g/mol. The summed E-state index contributed by atoms with van der Waals surface area (Å²) in [4.78, 5) is 60.8. The van der Waals surface area contributed by atoms with Crippen molar-refractivity contribution < 1.29 is 33.7 Å². The zero-order valence-electron chi connectivity index (χ0n) is 19.7. The lowest BCUT2D eigenvalue weighted by atomic mass is 10.2. The summed E-state index contributed by atoms with van der Waals surface area (Å²) in [6.07, 6.45) is -2.05. The highest BCUT2D eigenvalue weighted by Crippen LogP contribution is 2.13. The van der Waals surface area contributed by atoms with Crippen LogP contribution in [0.3, 0.4) is 0 Å². The maximum Gasteiger partial charge on any atom is 0.414 e. The number of benzene rings is 2. The standard InChI is InChI=1S/C22H23N7O9/c30-19(25-16-9-23-10-16)11-24-20(26-21(31)37-12-14-1-5-17(6-2-14)28(33)34)27-22(32)38-13-15-3-7-18(8-4-15)29(35)36/h1-8,16,23H,9-13H2,(H,25,30)(H2,24,26,27,31,32). The summed E-state index contributed by atoms with van der Waals surface area (Å²) in [5.41, 5.74) is 0.682. The number of alkyl carbamates (subject to hydrolysis) is 2. The molecule has 1 heterocycles. The second-order valence-corrected chi connectivity index (χ2v) is 7.84. The fraction of sp³-hybridized carbons (Fsp3) is 0.273. The third kappa shape index (κ3) is 8.83. The fourth-order valence-electron chi connectivity index (χ4n) is 2.92. The molecule has 1 fully saturated rings. The molecule has 38 heavy (non-hydrogen) atoms. The number of nitro benzene ring substituents is 2. The molecule has 4 N–H and O–H groups in total. The molecule has 0 atom stereocenters. The minimum Gasteiger partial charge on any atom is -0.444 e. The normalized spacial score (nSPS) is 12.3. The maximum atomic E-state index is 12.2. The first-order chi connectivity index (χ1) is 18.2. The van der Waals surface area contributed by atoms with Gasteiger partial charge >= 0.3 is 12.2 Å². The van der Waals surface area contributed by atoms with Crippen molar-refractivity contribution in [2.45, 2.75) is 19.3 Å². The number of rotatable bonds is 9. The van der Waals surface area contributed by atoms with Crippen molar-refractivity contribution in [2.24, 2.45) is 4.99 Å². The van der Waals surface area contributed by atoms with Gasteiger partial charge in [-0.15, -0.1) is 0 Å². The van der Waals surface area contributed by atoms with E-state index in [2.05, 4.69) is 26.3 Å². The molecule has 2 aromatic rings. The first-order valence-corrected chi connectivity index (χ1v) is 11.1. The summed E-state index contributed by atoms with van der Waals surface area (Å²) < 4.78 is 10.1. The lowest BCUT2D eigenvalue weighted by Crippen LogP contribution is -2.57. The highest BCUT2D eigenvalue weighted by atomic mass is 16.6. The average molecular weight is 529 g/mol. The number of hydrogen-bond donors (Lipinski definition) is 4. The monoisotopic (exact) mass is 529 g/mol. The SMILES string of the molecule is O=C(CN=C(NC(=O)OCc1ccc([N+](=O)[O-])cc1)NC(=O)OCc1ccc([N+](=O)[O-])cc1)NC1CNC1. The van der Waals surface area contributed by atoms with E-state index in [9.17, 15) is 34.6 Å². The molecular formula is C22H23N7O9. The topological polar surface area (TPSA) is 216 Å². The molecule has 0 bridgehead atoms. The number of nitro groups is 2. The predicted octanol–water partition coefficient (Wildman–Crippen LogP) is 1.10. The number of amides is 3. The summed E-state index contributed by atoms with van der Waals surface area (Å²) >= 11 is 0. The second-order valence-electron chi connectivity index (χ2n) is 7.84. The minimum absolute atomic E-state index is 0.0413. The summed E-state index contributed by atoms with van der Waals surface area (Å²) in [6, 6.07) is 10.6. The quantitative estimate of drug-likeness (QED) is 0.157. The molecule has 1 saturated heterocycles. The highest BCUT2D eigenvalue weighted by molar-refractivity contribution is 6.02. The molecule has 1 aliphatic rings. The zero-order chi connectivity index (χ0) is 27.5. The molecule has 0 unspecified atom stereocenters. The highest BCUT2D eigenvalue weighted by Gasteiger charge is 2.19. The molecule has 2 aromatic carbocycles. The van der Waals surface area contributed by atoms with E-state index in [0.717, 1.165) is 0 Å². The number of carbonyl (C=O) groups excluding carboxylic acids is 3. The summed E-state index contributed by atoms with van der Waals surface area (Å²) in [5, 5.41) is 31.6. The summed E-state index contributed by atoms with van der Waals surface area (Å²) in [5.74, 6) is -0.870. The third-order valence-corrected chi connectivity index (χ3v) is 5.00. The van der Waals surface area contributed by atoms with Crippen LogP contribution in [-0.4, -0.2) is 59.6 Å². The van der Waals surface area contributed by atoms with E-state index in [4.69, 9.17) is 9.47 Å². The van der Waals surface area contributed by atoms with Gasteiger partial charge in [-0.1, -0.05) is 0 Å². The molecule has 0 aliphatic carbocycles. The van der Waals surface area contributed by atoms with Gasteiger partial charge in [-0.2, -0.15) is 0 Å². The lowest BCUT2D eigenvalue weighted by molar-refractivity contribution is -0.385. The Hall–Kier alpha value is -5.12. The first-order valence-electron chi connectivity index (χ1n) is 11.1. The van der Waals surface area contributed by atoms with E-state index in [1.54, 1.807) is 0 Å². The van der Waals surface area contributed by atoms with E-state index in [0.29, 0.717) is 24.2 Å². The average Bonchev–Trinajstić information content (AvgIpc) is 2.87. The van der Waals surface area contributed by atoms with Crippen molar-refractivity contribution in [3.63, 3.8) is 0 Å². The van der Waals surface area contributed by atoms with Crippen LogP contribution in [0.15, 0.2) is 53.5 Å². The fourth-order valence-corrected chi connectivity index (χ4v) is 2.92. The van der Waals surface area contributed by atoms with Crippen LogP contribution in [0.2, 0.25) is 0 Å². The maximum absolute atomic E-state index is 12.2. The van der Waals surface area contributed by atoms with E-state index in [1.807, 2.05) is 0 Å². The molecule has 16 heteroatoms. The van der Waals surface area contributed by atoms with Gasteiger partial charge in [0.15, 0.2) is 0 Å². The Balaban J connectivity index is 1.55. The van der Waals surface area contributed by atoms with Gasteiger partial charge in [-0.3, -0.25) is 35.7 Å². The number of aliphatic imine (C=N–C) groups is 1. The summed E-state index contributed by atoms with van der Waals surface area (Å²) in [7, 11) is 0. The smallest absolute Gasteiger partial charge is 0.414 e.